The van der Waals surface area contributed by atoms with Crippen LogP contribution in [0.1, 0.15) is 48.6 Å². The van der Waals surface area contributed by atoms with Crippen LogP contribution in [0, 0.1) is 27.7 Å². The fourth-order valence-corrected chi connectivity index (χ4v) is 3.75. The molecule has 1 aliphatic rings. The smallest absolute Gasteiger partial charge is 0.166 e. The molecular formula is C24H27N5. The first-order valence-electron chi connectivity index (χ1n) is 9.92. The van der Waals surface area contributed by atoms with Gasteiger partial charge in [-0.25, -0.2) is 9.97 Å². The van der Waals surface area contributed by atoms with Crippen molar-refractivity contribution in [2.45, 2.75) is 53.9 Å². The molecule has 0 bridgehead atoms. The van der Waals surface area contributed by atoms with Crippen molar-refractivity contribution in [3.63, 3.8) is 0 Å². The van der Waals surface area contributed by atoms with Crippen LogP contribution < -0.4 is 4.90 Å². The van der Waals surface area contributed by atoms with E-state index in [-0.39, 0.29) is 5.41 Å². The van der Waals surface area contributed by atoms with Crippen LogP contribution in [0.2, 0.25) is 0 Å². The quantitative estimate of drug-likeness (QED) is 0.348. The molecule has 0 unspecified atom stereocenters. The molecule has 0 N–H and O–H groups in total. The molecule has 1 aromatic carbocycles. The molecule has 0 atom stereocenters. The Balaban J connectivity index is 2.02. The number of nitrogens with zero attached hydrogens (tertiary/aromatic N) is 5. The molecule has 1 aliphatic heterocycles. The number of fused-ring (bicyclic) bond motifs is 2. The molecule has 0 saturated carbocycles. The summed E-state index contributed by atoms with van der Waals surface area (Å²) in [5.74, 6) is 1.51. The molecular weight excluding hydrogens is 358 g/mol. The summed E-state index contributed by atoms with van der Waals surface area (Å²) < 4.78 is 0. The zero-order valence-corrected chi connectivity index (χ0v) is 18.2. The van der Waals surface area contributed by atoms with Crippen molar-refractivity contribution in [3.8, 4) is 0 Å². The van der Waals surface area contributed by atoms with Crippen LogP contribution in [0.25, 0.3) is 0 Å². The minimum atomic E-state index is 0.0814. The summed E-state index contributed by atoms with van der Waals surface area (Å²) in [4.78, 5) is 11.6. The molecule has 0 fully saturated rings. The van der Waals surface area contributed by atoms with E-state index in [4.69, 9.17) is 9.97 Å². The van der Waals surface area contributed by atoms with Gasteiger partial charge >= 0.3 is 0 Å². The third-order valence-corrected chi connectivity index (χ3v) is 5.24. The van der Waals surface area contributed by atoms with Crippen molar-refractivity contribution in [2.24, 2.45) is 10.2 Å². The van der Waals surface area contributed by atoms with Gasteiger partial charge in [0.05, 0.1) is 5.69 Å². The summed E-state index contributed by atoms with van der Waals surface area (Å²) in [7, 11) is 0. The molecule has 4 rings (SSSR count). The maximum absolute atomic E-state index is 4.74. The SMILES string of the molecule is Cc1cnc2c(c1)N=Nc1cc(C)cnc1N2c1c(C)cc(C(C)(C)C)cc1C. The average Bonchev–Trinajstić information content (AvgIpc) is 2.77. The number of hydrogen-bond donors (Lipinski definition) is 0. The molecule has 0 spiro atoms. The predicted molar refractivity (Wildman–Crippen MR) is 119 cm³/mol. The lowest BCUT2D eigenvalue weighted by Gasteiger charge is -2.29. The molecule has 0 radical (unpaired) electrons. The molecule has 3 heterocycles. The highest BCUT2D eigenvalue weighted by molar-refractivity contribution is 5.87. The van der Waals surface area contributed by atoms with Gasteiger partial charge in [-0.15, -0.1) is 10.2 Å². The number of aromatic nitrogens is 2. The molecule has 3 aromatic rings. The second-order valence-electron chi connectivity index (χ2n) is 8.95. The van der Waals surface area contributed by atoms with E-state index in [9.17, 15) is 0 Å². The Kier molecular flexibility index (Phi) is 4.49. The van der Waals surface area contributed by atoms with Crippen LogP contribution in [0.15, 0.2) is 46.9 Å². The van der Waals surface area contributed by atoms with Gasteiger partial charge in [0.25, 0.3) is 0 Å². The molecule has 5 nitrogen and oxygen atoms in total. The number of anilines is 3. The van der Waals surface area contributed by atoms with Gasteiger partial charge in [0.2, 0.25) is 0 Å². The fraction of sp³-hybridized carbons (Fsp3) is 0.333. The van der Waals surface area contributed by atoms with Gasteiger partial charge in [-0.3, -0.25) is 4.90 Å². The monoisotopic (exact) mass is 385 g/mol. The molecule has 0 saturated heterocycles. The van der Waals surface area contributed by atoms with E-state index in [1.54, 1.807) is 0 Å². The van der Waals surface area contributed by atoms with Crippen molar-refractivity contribution in [1.29, 1.82) is 0 Å². The third-order valence-electron chi connectivity index (χ3n) is 5.24. The Morgan fingerprint density at radius 2 is 1.14 bits per heavy atom. The molecule has 0 aliphatic carbocycles. The highest BCUT2D eigenvalue weighted by atomic mass is 15.3. The number of hydrogen-bond acceptors (Lipinski definition) is 5. The maximum Gasteiger partial charge on any atom is 0.166 e. The van der Waals surface area contributed by atoms with E-state index in [1.807, 2.05) is 38.4 Å². The first-order chi connectivity index (χ1) is 13.6. The maximum atomic E-state index is 4.74. The lowest BCUT2D eigenvalue weighted by molar-refractivity contribution is 0.589. The Labute approximate surface area is 172 Å². The summed E-state index contributed by atoms with van der Waals surface area (Å²) in [6.07, 6.45) is 3.74. The van der Waals surface area contributed by atoms with Crippen LogP contribution in [0.5, 0.6) is 0 Å². The van der Waals surface area contributed by atoms with E-state index < -0.39 is 0 Å². The second kappa shape index (κ2) is 6.76. The lowest BCUT2D eigenvalue weighted by Crippen LogP contribution is -2.18. The second-order valence-corrected chi connectivity index (χ2v) is 8.95. The van der Waals surface area contributed by atoms with Gasteiger partial charge in [0.1, 0.15) is 11.4 Å². The zero-order chi connectivity index (χ0) is 20.9. The average molecular weight is 386 g/mol. The van der Waals surface area contributed by atoms with E-state index in [0.29, 0.717) is 0 Å². The van der Waals surface area contributed by atoms with Crippen molar-refractivity contribution < 1.29 is 0 Å². The van der Waals surface area contributed by atoms with Crippen molar-refractivity contribution in [1.82, 2.24) is 9.97 Å². The Morgan fingerprint density at radius 3 is 1.55 bits per heavy atom. The van der Waals surface area contributed by atoms with Gasteiger partial charge in [-0.1, -0.05) is 32.9 Å². The molecule has 29 heavy (non-hydrogen) atoms. The lowest BCUT2D eigenvalue weighted by atomic mass is 9.84. The van der Waals surface area contributed by atoms with Crippen molar-refractivity contribution >= 4 is 28.7 Å². The minimum Gasteiger partial charge on any atom is -0.275 e. The van der Waals surface area contributed by atoms with Gasteiger partial charge < -0.3 is 0 Å². The van der Waals surface area contributed by atoms with Crippen molar-refractivity contribution in [3.05, 3.63) is 64.5 Å². The first kappa shape index (κ1) is 19.2. The summed E-state index contributed by atoms with van der Waals surface area (Å²) >= 11 is 0. The molecule has 5 heteroatoms. The highest BCUT2D eigenvalue weighted by Gasteiger charge is 2.28. The minimum absolute atomic E-state index is 0.0814. The van der Waals surface area contributed by atoms with Crippen LogP contribution in [0.4, 0.5) is 28.7 Å². The van der Waals surface area contributed by atoms with E-state index in [2.05, 4.69) is 61.9 Å². The van der Waals surface area contributed by atoms with E-state index >= 15 is 0 Å². The number of rotatable bonds is 1. The number of aryl methyl sites for hydroxylation is 4. The normalized spacial score (nSPS) is 13.1. The Morgan fingerprint density at radius 1 is 0.690 bits per heavy atom. The zero-order valence-electron chi connectivity index (χ0n) is 18.2. The van der Waals surface area contributed by atoms with Crippen LogP contribution in [-0.4, -0.2) is 9.97 Å². The fourth-order valence-electron chi connectivity index (χ4n) is 3.75. The highest BCUT2D eigenvalue weighted by Crippen LogP contribution is 2.47. The number of azo groups is 1. The van der Waals surface area contributed by atoms with E-state index in [1.165, 1.54) is 16.7 Å². The molecule has 148 valence electrons. The first-order valence-corrected chi connectivity index (χ1v) is 9.92. The number of benzene rings is 1. The third kappa shape index (κ3) is 3.41. The van der Waals surface area contributed by atoms with Gasteiger partial charge in [-0.2, -0.15) is 0 Å². The van der Waals surface area contributed by atoms with Crippen molar-refractivity contribution in [2.75, 3.05) is 4.90 Å². The summed E-state index contributed by atoms with van der Waals surface area (Å²) in [5.41, 5.74) is 8.44. The Bertz CT molecular complexity index is 1060. The Hall–Kier alpha value is -3.08. The largest absolute Gasteiger partial charge is 0.275 e. The molecule has 0 amide bonds. The van der Waals surface area contributed by atoms with Crippen LogP contribution in [-0.2, 0) is 5.41 Å². The number of pyridine rings is 2. The standard InChI is InChI=1S/C24H27N5/c1-14-8-19-22(25-12-14)29(23-20(28-27-19)9-15(2)13-26-23)21-16(3)10-18(11-17(21)4)24(5,6)7/h8-13H,1-7H3. The van der Waals surface area contributed by atoms with Gasteiger partial charge in [0.15, 0.2) is 11.6 Å². The predicted octanol–water partition coefficient (Wildman–Crippen LogP) is 7.21. The van der Waals surface area contributed by atoms with Gasteiger partial charge in [0, 0.05) is 12.4 Å². The molecule has 2 aromatic heterocycles. The van der Waals surface area contributed by atoms with Gasteiger partial charge in [-0.05, 0) is 73.1 Å². The van der Waals surface area contributed by atoms with E-state index in [0.717, 1.165) is 39.8 Å². The van der Waals surface area contributed by atoms with Crippen LogP contribution in [0.3, 0.4) is 0 Å². The summed E-state index contributed by atoms with van der Waals surface area (Å²) in [6, 6.07) is 8.57. The van der Waals surface area contributed by atoms with Crippen LogP contribution >= 0.6 is 0 Å². The topological polar surface area (TPSA) is 53.7 Å². The summed E-state index contributed by atoms with van der Waals surface area (Å²) in [5, 5.41) is 9.01. The summed E-state index contributed by atoms with van der Waals surface area (Å²) in [6.45, 7) is 15.1.